The third kappa shape index (κ3) is 3.23. The molecule has 5 atom stereocenters. The zero-order valence-corrected chi connectivity index (χ0v) is 16.6. The fourth-order valence-corrected chi connectivity index (χ4v) is 5.55. The summed E-state index contributed by atoms with van der Waals surface area (Å²) < 4.78 is 6.85. The average molecular weight is 325 g/mol. The minimum Gasteiger partial charge on any atom is -0.396 e. The second-order valence-electron chi connectivity index (χ2n) is 9.81. The summed E-state index contributed by atoms with van der Waals surface area (Å²) in [7, 11) is 0. The maximum absolute atomic E-state index is 10.3. The molecule has 0 heterocycles. The van der Waals surface area contributed by atoms with Crippen molar-refractivity contribution >= 4 is 0 Å². The minimum atomic E-state index is -0.0912. The first-order valence-corrected chi connectivity index (χ1v) is 9.90. The van der Waals surface area contributed by atoms with Gasteiger partial charge in [0.2, 0.25) is 0 Å². The highest BCUT2D eigenvalue weighted by Crippen LogP contribution is 2.59. The van der Waals surface area contributed by atoms with Gasteiger partial charge in [-0.05, 0) is 62.2 Å². The Bertz CT molecular complexity index is 397. The van der Waals surface area contributed by atoms with Gasteiger partial charge in [-0.1, -0.05) is 48.0 Å². The van der Waals surface area contributed by atoms with Gasteiger partial charge in [-0.3, -0.25) is 0 Å². The standard InChI is InChI=1S/C21H40O2/c1-8-20(7,19(4,5)6)23-18-10-9-13-21(14-22)16(15(2)3)11-12-17(18)21/h15-18,22H,8-14H2,1-7H3/t16-,17?,18?,20?,21+/m1/s1. The van der Waals surface area contributed by atoms with Crippen molar-refractivity contribution in [3.05, 3.63) is 0 Å². The van der Waals surface area contributed by atoms with E-state index >= 15 is 0 Å². The van der Waals surface area contributed by atoms with E-state index in [1.807, 2.05) is 0 Å². The van der Waals surface area contributed by atoms with E-state index in [-0.39, 0.29) is 16.4 Å². The lowest BCUT2D eigenvalue weighted by Gasteiger charge is -2.51. The number of aliphatic hydroxyl groups is 1. The normalized spacial score (nSPS) is 37.7. The fourth-order valence-electron chi connectivity index (χ4n) is 5.55. The molecule has 2 nitrogen and oxygen atoms in total. The van der Waals surface area contributed by atoms with Gasteiger partial charge in [0, 0.05) is 12.0 Å². The molecule has 0 aromatic carbocycles. The Kier molecular flexibility index (Phi) is 5.58. The van der Waals surface area contributed by atoms with Crippen LogP contribution < -0.4 is 0 Å². The third-order valence-corrected chi connectivity index (χ3v) is 7.62. The molecule has 136 valence electrons. The fraction of sp³-hybridized carbons (Fsp3) is 1.00. The molecule has 0 saturated heterocycles. The van der Waals surface area contributed by atoms with E-state index in [9.17, 15) is 5.11 Å². The van der Waals surface area contributed by atoms with E-state index in [1.165, 1.54) is 32.1 Å². The first kappa shape index (κ1) is 19.2. The molecule has 2 heteroatoms. The van der Waals surface area contributed by atoms with Crippen LogP contribution in [-0.4, -0.2) is 23.4 Å². The van der Waals surface area contributed by atoms with Crippen molar-refractivity contribution in [1.82, 2.24) is 0 Å². The Hall–Kier alpha value is -0.0800. The van der Waals surface area contributed by atoms with Crippen molar-refractivity contribution in [2.24, 2.45) is 28.6 Å². The van der Waals surface area contributed by atoms with Gasteiger partial charge < -0.3 is 9.84 Å². The van der Waals surface area contributed by atoms with Crippen LogP contribution in [0.3, 0.4) is 0 Å². The number of fused-ring (bicyclic) bond motifs is 1. The van der Waals surface area contributed by atoms with Crippen LogP contribution >= 0.6 is 0 Å². The summed E-state index contributed by atoms with van der Waals surface area (Å²) in [5.41, 5.74) is 0.160. The monoisotopic (exact) mass is 324 g/mol. The largest absolute Gasteiger partial charge is 0.396 e. The van der Waals surface area contributed by atoms with Crippen LogP contribution in [0, 0.1) is 28.6 Å². The van der Waals surface area contributed by atoms with Crippen molar-refractivity contribution in [2.75, 3.05) is 6.61 Å². The van der Waals surface area contributed by atoms with Gasteiger partial charge in [0.25, 0.3) is 0 Å². The van der Waals surface area contributed by atoms with Gasteiger partial charge in [-0.15, -0.1) is 0 Å². The SMILES string of the molecule is CCC(C)(OC1CCC[C@@]2(CO)C1CC[C@@H]2C(C)C)C(C)(C)C. The van der Waals surface area contributed by atoms with E-state index in [0.29, 0.717) is 30.5 Å². The van der Waals surface area contributed by atoms with Gasteiger partial charge in [-0.2, -0.15) is 0 Å². The van der Waals surface area contributed by atoms with Crippen LogP contribution in [0.2, 0.25) is 0 Å². The van der Waals surface area contributed by atoms with Crippen LogP contribution in [0.25, 0.3) is 0 Å². The van der Waals surface area contributed by atoms with Gasteiger partial charge >= 0.3 is 0 Å². The summed E-state index contributed by atoms with van der Waals surface area (Å²) in [5, 5.41) is 10.3. The van der Waals surface area contributed by atoms with Crippen molar-refractivity contribution in [3.8, 4) is 0 Å². The summed E-state index contributed by atoms with van der Waals surface area (Å²) in [5.74, 6) is 1.86. The number of hydrogen-bond donors (Lipinski definition) is 1. The average Bonchev–Trinajstić information content (AvgIpc) is 2.87. The zero-order valence-electron chi connectivity index (χ0n) is 16.6. The lowest BCUT2D eigenvalue weighted by atomic mass is 9.61. The van der Waals surface area contributed by atoms with Crippen molar-refractivity contribution in [2.45, 2.75) is 98.7 Å². The Labute approximate surface area is 144 Å². The summed E-state index contributed by atoms with van der Waals surface area (Å²) in [6.45, 7) is 16.4. The van der Waals surface area contributed by atoms with Crippen LogP contribution in [-0.2, 0) is 4.74 Å². The van der Waals surface area contributed by atoms with Crippen molar-refractivity contribution < 1.29 is 9.84 Å². The Morgan fingerprint density at radius 3 is 2.26 bits per heavy atom. The Balaban J connectivity index is 2.25. The van der Waals surface area contributed by atoms with Crippen LogP contribution in [0.5, 0.6) is 0 Å². The van der Waals surface area contributed by atoms with Crippen LogP contribution in [0.4, 0.5) is 0 Å². The number of aliphatic hydroxyl groups excluding tert-OH is 1. The molecule has 0 aromatic rings. The van der Waals surface area contributed by atoms with Crippen molar-refractivity contribution in [3.63, 3.8) is 0 Å². The topological polar surface area (TPSA) is 29.5 Å². The maximum Gasteiger partial charge on any atom is 0.0703 e. The van der Waals surface area contributed by atoms with E-state index in [1.54, 1.807) is 0 Å². The summed E-state index contributed by atoms with van der Waals surface area (Å²) in [6, 6.07) is 0. The Morgan fingerprint density at radius 1 is 1.13 bits per heavy atom. The lowest BCUT2D eigenvalue weighted by molar-refractivity contribution is -0.191. The number of rotatable bonds is 5. The molecule has 2 aliphatic rings. The molecule has 0 aliphatic heterocycles. The first-order valence-electron chi connectivity index (χ1n) is 9.90. The van der Waals surface area contributed by atoms with Crippen molar-refractivity contribution in [1.29, 1.82) is 0 Å². The molecule has 2 aliphatic carbocycles. The second kappa shape index (κ2) is 6.67. The van der Waals surface area contributed by atoms with E-state index < -0.39 is 0 Å². The van der Waals surface area contributed by atoms with E-state index in [0.717, 1.165) is 6.42 Å². The molecular weight excluding hydrogens is 284 g/mol. The number of hydrogen-bond acceptors (Lipinski definition) is 2. The highest BCUT2D eigenvalue weighted by atomic mass is 16.5. The Morgan fingerprint density at radius 2 is 1.78 bits per heavy atom. The van der Waals surface area contributed by atoms with Gasteiger partial charge in [0.05, 0.1) is 11.7 Å². The highest BCUT2D eigenvalue weighted by molar-refractivity contribution is 5.05. The molecule has 1 N–H and O–H groups in total. The van der Waals surface area contributed by atoms with Gasteiger partial charge in [0.15, 0.2) is 0 Å². The summed E-state index contributed by atoms with van der Waals surface area (Å²) >= 11 is 0. The third-order valence-electron chi connectivity index (χ3n) is 7.62. The van der Waals surface area contributed by atoms with Gasteiger partial charge in [0.1, 0.15) is 0 Å². The molecule has 0 aromatic heterocycles. The number of ether oxygens (including phenoxy) is 1. The zero-order chi connectivity index (χ0) is 17.5. The molecular formula is C21H40O2. The quantitative estimate of drug-likeness (QED) is 0.730. The van der Waals surface area contributed by atoms with E-state index in [4.69, 9.17) is 4.74 Å². The predicted octanol–water partition coefficient (Wildman–Crippen LogP) is 5.43. The molecule has 3 unspecified atom stereocenters. The summed E-state index contributed by atoms with van der Waals surface area (Å²) in [6.07, 6.45) is 7.43. The smallest absolute Gasteiger partial charge is 0.0703 e. The molecule has 0 spiro atoms. The highest BCUT2D eigenvalue weighted by Gasteiger charge is 2.56. The molecule has 0 bridgehead atoms. The molecule has 0 amide bonds. The second-order valence-corrected chi connectivity index (χ2v) is 9.81. The molecule has 2 saturated carbocycles. The molecule has 0 radical (unpaired) electrons. The predicted molar refractivity (Wildman–Crippen MR) is 97.4 cm³/mol. The maximum atomic E-state index is 10.3. The first-order chi connectivity index (χ1) is 10.6. The molecule has 2 fully saturated rings. The van der Waals surface area contributed by atoms with Crippen LogP contribution in [0.1, 0.15) is 87.0 Å². The molecule has 23 heavy (non-hydrogen) atoms. The van der Waals surface area contributed by atoms with Crippen LogP contribution in [0.15, 0.2) is 0 Å². The lowest BCUT2D eigenvalue weighted by Crippen LogP contribution is -2.52. The minimum absolute atomic E-state index is 0.0912. The summed E-state index contributed by atoms with van der Waals surface area (Å²) in [4.78, 5) is 0. The van der Waals surface area contributed by atoms with Gasteiger partial charge in [-0.25, -0.2) is 0 Å². The van der Waals surface area contributed by atoms with E-state index in [2.05, 4.69) is 48.5 Å². The molecule has 2 rings (SSSR count).